The summed E-state index contributed by atoms with van der Waals surface area (Å²) in [6, 6.07) is 13.3. The molecule has 0 aliphatic carbocycles. The minimum absolute atomic E-state index is 0.135. The van der Waals surface area contributed by atoms with Gasteiger partial charge >= 0.3 is 0 Å². The standard InChI is InChI=1S/C17H13N3O2/c1-22-10-6-7-13-11(8-10)12(17(21)20-13)9-16-18-14-4-2-3-5-15(14)19-16/h2-9H,1H3,(H,18,19)(H,20,21)/b12-9-. The Morgan fingerprint density at radius 2 is 2.05 bits per heavy atom. The van der Waals surface area contributed by atoms with Crippen LogP contribution in [0.4, 0.5) is 5.69 Å². The van der Waals surface area contributed by atoms with Gasteiger partial charge in [-0.25, -0.2) is 4.98 Å². The first-order valence-electron chi connectivity index (χ1n) is 6.91. The van der Waals surface area contributed by atoms with Crippen LogP contribution < -0.4 is 10.1 Å². The lowest BCUT2D eigenvalue weighted by Crippen LogP contribution is -2.03. The Hall–Kier alpha value is -3.08. The van der Waals surface area contributed by atoms with E-state index in [2.05, 4.69) is 15.3 Å². The predicted molar refractivity (Wildman–Crippen MR) is 85.6 cm³/mol. The normalized spacial score (nSPS) is 15.1. The van der Waals surface area contributed by atoms with Crippen LogP contribution in [0.5, 0.6) is 5.75 Å². The lowest BCUT2D eigenvalue weighted by atomic mass is 10.1. The first-order valence-corrected chi connectivity index (χ1v) is 6.91. The van der Waals surface area contributed by atoms with Crippen molar-refractivity contribution in [2.75, 3.05) is 12.4 Å². The number of imidazole rings is 1. The number of anilines is 1. The topological polar surface area (TPSA) is 67.0 Å². The number of benzene rings is 2. The fourth-order valence-corrected chi connectivity index (χ4v) is 2.62. The second-order valence-electron chi connectivity index (χ2n) is 5.06. The number of nitrogens with zero attached hydrogens (tertiary/aromatic N) is 1. The molecule has 1 aromatic heterocycles. The minimum atomic E-state index is -0.135. The molecule has 0 spiro atoms. The summed E-state index contributed by atoms with van der Waals surface area (Å²) >= 11 is 0. The van der Waals surface area contributed by atoms with Gasteiger partial charge in [0.05, 0.1) is 23.7 Å². The molecule has 0 atom stereocenters. The van der Waals surface area contributed by atoms with Crippen LogP contribution in [0.1, 0.15) is 11.4 Å². The molecule has 0 saturated carbocycles. The van der Waals surface area contributed by atoms with E-state index >= 15 is 0 Å². The molecule has 1 aliphatic rings. The van der Waals surface area contributed by atoms with Crippen LogP contribution in [0.3, 0.4) is 0 Å². The SMILES string of the molecule is COc1ccc2c(c1)/C(=C/c1nc3ccccc3[nH]1)C(=O)N2. The number of methoxy groups -OCH3 is 1. The van der Waals surface area contributed by atoms with Gasteiger partial charge in [-0.05, 0) is 36.4 Å². The molecule has 0 saturated heterocycles. The van der Waals surface area contributed by atoms with E-state index in [9.17, 15) is 4.79 Å². The lowest BCUT2D eigenvalue weighted by Gasteiger charge is -2.02. The van der Waals surface area contributed by atoms with Crippen molar-refractivity contribution in [3.8, 4) is 5.75 Å². The van der Waals surface area contributed by atoms with E-state index in [1.54, 1.807) is 13.2 Å². The van der Waals surface area contributed by atoms with Crippen LogP contribution >= 0.6 is 0 Å². The Bertz CT molecular complexity index is 892. The number of carbonyl (C=O) groups excluding carboxylic acids is 1. The van der Waals surface area contributed by atoms with Gasteiger partial charge in [-0.2, -0.15) is 0 Å². The van der Waals surface area contributed by atoms with Crippen molar-refractivity contribution in [1.82, 2.24) is 9.97 Å². The summed E-state index contributed by atoms with van der Waals surface area (Å²) in [5.74, 6) is 1.23. The molecule has 5 nitrogen and oxygen atoms in total. The van der Waals surface area contributed by atoms with E-state index in [1.165, 1.54) is 0 Å². The molecule has 108 valence electrons. The van der Waals surface area contributed by atoms with Crippen molar-refractivity contribution in [3.05, 3.63) is 53.9 Å². The van der Waals surface area contributed by atoms with Gasteiger partial charge in [0.25, 0.3) is 5.91 Å². The van der Waals surface area contributed by atoms with Crippen molar-refractivity contribution in [2.45, 2.75) is 0 Å². The minimum Gasteiger partial charge on any atom is -0.497 e. The smallest absolute Gasteiger partial charge is 0.256 e. The molecule has 2 aromatic carbocycles. The summed E-state index contributed by atoms with van der Waals surface area (Å²) in [6.07, 6.45) is 1.76. The number of nitrogens with one attached hydrogen (secondary N) is 2. The van der Waals surface area contributed by atoms with Crippen LogP contribution in [-0.4, -0.2) is 23.0 Å². The van der Waals surface area contributed by atoms with Gasteiger partial charge in [-0.15, -0.1) is 0 Å². The fourth-order valence-electron chi connectivity index (χ4n) is 2.62. The molecule has 1 amide bonds. The first-order chi connectivity index (χ1) is 10.7. The average Bonchev–Trinajstić information content (AvgIpc) is 3.08. The summed E-state index contributed by atoms with van der Waals surface area (Å²) in [7, 11) is 1.61. The van der Waals surface area contributed by atoms with Gasteiger partial charge in [-0.3, -0.25) is 4.79 Å². The number of para-hydroxylation sites is 2. The molecule has 22 heavy (non-hydrogen) atoms. The zero-order chi connectivity index (χ0) is 15.1. The van der Waals surface area contributed by atoms with Crippen LogP contribution in [0.15, 0.2) is 42.5 Å². The largest absolute Gasteiger partial charge is 0.497 e. The summed E-state index contributed by atoms with van der Waals surface area (Å²) in [5, 5.41) is 2.85. The molecule has 2 N–H and O–H groups in total. The Labute approximate surface area is 126 Å². The number of amides is 1. The maximum Gasteiger partial charge on any atom is 0.256 e. The number of aromatic amines is 1. The number of ether oxygens (including phenoxy) is 1. The van der Waals surface area contributed by atoms with Crippen LogP contribution in [0.25, 0.3) is 22.7 Å². The second kappa shape index (κ2) is 4.73. The van der Waals surface area contributed by atoms with E-state index in [4.69, 9.17) is 4.74 Å². The van der Waals surface area contributed by atoms with Crippen molar-refractivity contribution < 1.29 is 9.53 Å². The fraction of sp³-hybridized carbons (Fsp3) is 0.0588. The van der Waals surface area contributed by atoms with Gasteiger partial charge in [0, 0.05) is 11.3 Å². The number of H-pyrrole nitrogens is 1. The molecule has 0 unspecified atom stereocenters. The highest BCUT2D eigenvalue weighted by molar-refractivity contribution is 6.34. The van der Waals surface area contributed by atoms with Crippen LogP contribution in [-0.2, 0) is 4.79 Å². The highest BCUT2D eigenvalue weighted by atomic mass is 16.5. The molecule has 4 rings (SSSR count). The van der Waals surface area contributed by atoms with Gasteiger partial charge in [0.15, 0.2) is 0 Å². The van der Waals surface area contributed by atoms with Crippen molar-refractivity contribution in [2.24, 2.45) is 0 Å². The van der Waals surface area contributed by atoms with E-state index in [1.807, 2.05) is 42.5 Å². The van der Waals surface area contributed by atoms with E-state index < -0.39 is 0 Å². The molecule has 1 aliphatic heterocycles. The maximum atomic E-state index is 12.2. The van der Waals surface area contributed by atoms with Crippen molar-refractivity contribution in [3.63, 3.8) is 0 Å². The molecule has 0 fully saturated rings. The van der Waals surface area contributed by atoms with Crippen molar-refractivity contribution in [1.29, 1.82) is 0 Å². The highest BCUT2D eigenvalue weighted by Gasteiger charge is 2.25. The Morgan fingerprint density at radius 3 is 2.86 bits per heavy atom. The third kappa shape index (κ3) is 1.95. The van der Waals surface area contributed by atoms with Gasteiger partial charge in [0.2, 0.25) is 0 Å². The predicted octanol–water partition coefficient (Wildman–Crippen LogP) is 3.06. The second-order valence-corrected chi connectivity index (χ2v) is 5.06. The Balaban J connectivity index is 1.83. The number of hydrogen-bond acceptors (Lipinski definition) is 3. The van der Waals surface area contributed by atoms with Gasteiger partial charge in [-0.1, -0.05) is 12.1 Å². The summed E-state index contributed by atoms with van der Waals surface area (Å²) in [5.41, 5.74) is 4.00. The zero-order valence-corrected chi connectivity index (χ0v) is 11.9. The van der Waals surface area contributed by atoms with E-state index in [0.717, 1.165) is 22.3 Å². The summed E-state index contributed by atoms with van der Waals surface area (Å²) in [4.78, 5) is 19.9. The van der Waals surface area contributed by atoms with Crippen LogP contribution in [0.2, 0.25) is 0 Å². The number of aromatic nitrogens is 2. The number of carbonyl (C=O) groups is 1. The van der Waals surface area contributed by atoms with E-state index in [0.29, 0.717) is 17.1 Å². The number of fused-ring (bicyclic) bond motifs is 2. The monoisotopic (exact) mass is 291 g/mol. The number of hydrogen-bond donors (Lipinski definition) is 2. The van der Waals surface area contributed by atoms with Gasteiger partial charge in [0.1, 0.15) is 11.6 Å². The van der Waals surface area contributed by atoms with Gasteiger partial charge < -0.3 is 15.0 Å². The molecule has 3 aromatic rings. The zero-order valence-electron chi connectivity index (χ0n) is 11.9. The average molecular weight is 291 g/mol. The molecular formula is C17H13N3O2. The third-order valence-corrected chi connectivity index (χ3v) is 3.70. The lowest BCUT2D eigenvalue weighted by molar-refractivity contribution is -0.110. The molecule has 2 heterocycles. The maximum absolute atomic E-state index is 12.2. The summed E-state index contributed by atoms with van der Waals surface area (Å²) < 4.78 is 5.23. The number of rotatable bonds is 2. The van der Waals surface area contributed by atoms with Crippen LogP contribution in [0, 0.1) is 0 Å². The van der Waals surface area contributed by atoms with E-state index in [-0.39, 0.29) is 5.91 Å². The quantitative estimate of drug-likeness (QED) is 0.713. The first kappa shape index (κ1) is 12.6. The molecular weight excluding hydrogens is 278 g/mol. The summed E-state index contributed by atoms with van der Waals surface area (Å²) in [6.45, 7) is 0. The molecule has 0 radical (unpaired) electrons. The highest BCUT2D eigenvalue weighted by Crippen LogP contribution is 2.35. The molecule has 5 heteroatoms. The third-order valence-electron chi connectivity index (χ3n) is 3.70. The van der Waals surface area contributed by atoms with Crippen molar-refractivity contribution >= 4 is 34.3 Å². The Morgan fingerprint density at radius 1 is 1.18 bits per heavy atom. The Kier molecular flexibility index (Phi) is 2.72. The molecule has 0 bridgehead atoms.